The Morgan fingerprint density at radius 1 is 0.967 bits per heavy atom. The van der Waals surface area contributed by atoms with Crippen LogP contribution in [-0.4, -0.2) is 18.4 Å². The van der Waals surface area contributed by atoms with Gasteiger partial charge in [-0.2, -0.15) is 5.10 Å². The van der Waals surface area contributed by atoms with Gasteiger partial charge in [-0.3, -0.25) is 5.43 Å². The number of benzene rings is 3. The van der Waals surface area contributed by atoms with Crippen LogP contribution in [0.25, 0.3) is 0 Å². The van der Waals surface area contributed by atoms with E-state index in [2.05, 4.69) is 47.0 Å². The molecule has 0 bridgehead atoms. The van der Waals surface area contributed by atoms with Gasteiger partial charge in [0.25, 0.3) is 0 Å². The first-order chi connectivity index (χ1) is 14.6. The fourth-order valence-corrected chi connectivity index (χ4v) is 2.84. The Kier molecular flexibility index (Phi) is 7.80. The van der Waals surface area contributed by atoms with Crippen LogP contribution in [0.2, 0.25) is 0 Å². The topological polar surface area (TPSA) is 54.9 Å². The summed E-state index contributed by atoms with van der Waals surface area (Å²) < 4.78 is 11.4. The van der Waals surface area contributed by atoms with Gasteiger partial charge in [0, 0.05) is 6.54 Å². The standard InChI is InChI=1S/C24H25N3O2S/c1-18-8-10-20(11-9-18)17-29-22-13-12-21(14-23(22)28-2)16-26-27-24(30)25-15-19-6-4-3-5-7-19/h3-14,16H,15,17H2,1-2H3,(H2,25,27,30)/b26-16-. The Balaban J connectivity index is 1.52. The molecule has 0 aromatic heterocycles. The molecule has 2 N–H and O–H groups in total. The fraction of sp³-hybridized carbons (Fsp3) is 0.167. The monoisotopic (exact) mass is 419 g/mol. The van der Waals surface area contributed by atoms with Crippen molar-refractivity contribution in [3.05, 3.63) is 95.1 Å². The summed E-state index contributed by atoms with van der Waals surface area (Å²) >= 11 is 5.25. The van der Waals surface area contributed by atoms with E-state index < -0.39 is 0 Å². The van der Waals surface area contributed by atoms with Gasteiger partial charge in [-0.1, -0.05) is 60.2 Å². The summed E-state index contributed by atoms with van der Waals surface area (Å²) in [7, 11) is 1.62. The van der Waals surface area contributed by atoms with Crippen LogP contribution >= 0.6 is 12.2 Å². The van der Waals surface area contributed by atoms with Crippen LogP contribution < -0.4 is 20.2 Å². The Bertz CT molecular complexity index is 989. The van der Waals surface area contributed by atoms with E-state index in [0.717, 1.165) is 16.7 Å². The van der Waals surface area contributed by atoms with Crippen molar-refractivity contribution in [2.45, 2.75) is 20.1 Å². The molecule has 0 saturated heterocycles. The zero-order valence-corrected chi connectivity index (χ0v) is 17.9. The molecule has 3 aromatic rings. The quantitative estimate of drug-likeness (QED) is 0.318. The summed E-state index contributed by atoms with van der Waals surface area (Å²) in [5, 5.41) is 7.76. The molecule has 0 fully saturated rings. The molecular weight excluding hydrogens is 394 g/mol. The number of methoxy groups -OCH3 is 1. The van der Waals surface area contributed by atoms with Crippen LogP contribution in [0.1, 0.15) is 22.3 Å². The Morgan fingerprint density at radius 3 is 2.47 bits per heavy atom. The predicted molar refractivity (Wildman–Crippen MR) is 125 cm³/mol. The molecule has 3 rings (SSSR count). The number of nitrogens with zero attached hydrogens (tertiary/aromatic N) is 1. The fourth-order valence-electron chi connectivity index (χ4n) is 2.71. The average molecular weight is 420 g/mol. The van der Waals surface area contributed by atoms with Gasteiger partial charge >= 0.3 is 0 Å². The van der Waals surface area contributed by atoms with Crippen LogP contribution in [0.5, 0.6) is 11.5 Å². The van der Waals surface area contributed by atoms with Gasteiger partial charge in [0.15, 0.2) is 16.6 Å². The van der Waals surface area contributed by atoms with Crippen molar-refractivity contribution in [1.82, 2.24) is 10.7 Å². The summed E-state index contributed by atoms with van der Waals surface area (Å²) in [4.78, 5) is 0. The number of aryl methyl sites for hydroxylation is 1. The Hall–Kier alpha value is -3.38. The van der Waals surface area contributed by atoms with Gasteiger partial charge in [0.2, 0.25) is 0 Å². The molecule has 0 aliphatic carbocycles. The lowest BCUT2D eigenvalue weighted by atomic mass is 10.2. The first-order valence-corrected chi connectivity index (χ1v) is 10.0. The van der Waals surface area contributed by atoms with E-state index in [4.69, 9.17) is 21.7 Å². The Labute approximate surface area is 182 Å². The van der Waals surface area contributed by atoms with Crippen molar-refractivity contribution < 1.29 is 9.47 Å². The minimum atomic E-state index is 0.458. The summed E-state index contributed by atoms with van der Waals surface area (Å²) in [6.07, 6.45) is 1.68. The molecule has 0 aliphatic rings. The second-order valence-electron chi connectivity index (χ2n) is 6.72. The van der Waals surface area contributed by atoms with Gasteiger partial charge in [-0.15, -0.1) is 0 Å². The lowest BCUT2D eigenvalue weighted by molar-refractivity contribution is 0.284. The zero-order chi connectivity index (χ0) is 21.2. The van der Waals surface area contributed by atoms with Crippen molar-refractivity contribution in [2.24, 2.45) is 5.10 Å². The largest absolute Gasteiger partial charge is 0.493 e. The molecule has 0 atom stereocenters. The highest BCUT2D eigenvalue weighted by atomic mass is 32.1. The number of hydrogen-bond donors (Lipinski definition) is 2. The number of hydrogen-bond acceptors (Lipinski definition) is 4. The summed E-state index contributed by atoms with van der Waals surface area (Å²) in [6.45, 7) is 3.19. The zero-order valence-electron chi connectivity index (χ0n) is 17.1. The van der Waals surface area contributed by atoms with Crippen molar-refractivity contribution in [3.63, 3.8) is 0 Å². The lowest BCUT2D eigenvalue weighted by Gasteiger charge is -2.11. The lowest BCUT2D eigenvalue weighted by Crippen LogP contribution is -2.31. The first kappa shape index (κ1) is 21.3. The van der Waals surface area contributed by atoms with Crippen molar-refractivity contribution in [3.8, 4) is 11.5 Å². The third-order valence-electron chi connectivity index (χ3n) is 4.38. The molecule has 5 nitrogen and oxygen atoms in total. The van der Waals surface area contributed by atoms with Gasteiger partial charge in [-0.05, 0) is 54.0 Å². The van der Waals surface area contributed by atoms with E-state index >= 15 is 0 Å². The molecule has 0 saturated carbocycles. The Morgan fingerprint density at radius 2 is 1.73 bits per heavy atom. The molecule has 30 heavy (non-hydrogen) atoms. The second-order valence-corrected chi connectivity index (χ2v) is 7.13. The highest BCUT2D eigenvalue weighted by molar-refractivity contribution is 7.80. The van der Waals surface area contributed by atoms with Crippen molar-refractivity contribution in [1.29, 1.82) is 0 Å². The SMILES string of the molecule is COc1cc(/C=N\NC(=S)NCc2ccccc2)ccc1OCc1ccc(C)cc1. The van der Waals surface area contributed by atoms with Crippen molar-refractivity contribution >= 4 is 23.5 Å². The van der Waals surface area contributed by atoms with Crippen LogP contribution in [0.4, 0.5) is 0 Å². The highest BCUT2D eigenvalue weighted by Crippen LogP contribution is 2.28. The molecule has 0 heterocycles. The molecule has 0 aliphatic heterocycles. The van der Waals surface area contributed by atoms with E-state index in [1.54, 1.807) is 13.3 Å². The summed E-state index contributed by atoms with van der Waals surface area (Å²) in [5.74, 6) is 1.33. The van der Waals surface area contributed by atoms with E-state index in [1.165, 1.54) is 5.56 Å². The number of ether oxygens (including phenoxy) is 2. The highest BCUT2D eigenvalue weighted by Gasteiger charge is 2.06. The molecule has 0 spiro atoms. The minimum absolute atomic E-state index is 0.458. The average Bonchev–Trinajstić information content (AvgIpc) is 2.78. The molecule has 0 unspecified atom stereocenters. The smallest absolute Gasteiger partial charge is 0.187 e. The molecule has 6 heteroatoms. The maximum Gasteiger partial charge on any atom is 0.187 e. The number of nitrogens with one attached hydrogen (secondary N) is 2. The van der Waals surface area contributed by atoms with Gasteiger partial charge in [0.05, 0.1) is 13.3 Å². The molecule has 3 aromatic carbocycles. The third-order valence-corrected chi connectivity index (χ3v) is 4.61. The maximum atomic E-state index is 5.91. The van der Waals surface area contributed by atoms with Gasteiger partial charge < -0.3 is 14.8 Å². The molecule has 0 radical (unpaired) electrons. The minimum Gasteiger partial charge on any atom is -0.493 e. The number of rotatable bonds is 8. The van der Waals surface area contributed by atoms with E-state index in [9.17, 15) is 0 Å². The maximum absolute atomic E-state index is 5.91. The predicted octanol–water partition coefficient (Wildman–Crippen LogP) is 4.58. The van der Waals surface area contributed by atoms with E-state index in [-0.39, 0.29) is 0 Å². The van der Waals surface area contributed by atoms with E-state index in [0.29, 0.717) is 29.8 Å². The molecule has 0 amide bonds. The van der Waals surface area contributed by atoms with Crippen LogP contribution in [-0.2, 0) is 13.2 Å². The first-order valence-electron chi connectivity index (χ1n) is 9.61. The normalized spacial score (nSPS) is 10.6. The molecular formula is C24H25N3O2S. The summed E-state index contributed by atoms with van der Waals surface area (Å²) in [5.41, 5.74) is 7.17. The van der Waals surface area contributed by atoms with Gasteiger partial charge in [-0.25, -0.2) is 0 Å². The summed E-state index contributed by atoms with van der Waals surface area (Å²) in [6, 6.07) is 24.0. The number of thiocarbonyl (C=S) groups is 1. The third kappa shape index (κ3) is 6.60. The van der Waals surface area contributed by atoms with Crippen LogP contribution in [0.3, 0.4) is 0 Å². The van der Waals surface area contributed by atoms with Crippen LogP contribution in [0.15, 0.2) is 77.9 Å². The van der Waals surface area contributed by atoms with E-state index in [1.807, 2.05) is 48.5 Å². The van der Waals surface area contributed by atoms with Crippen LogP contribution in [0, 0.1) is 6.92 Å². The van der Waals surface area contributed by atoms with Gasteiger partial charge in [0.1, 0.15) is 6.61 Å². The number of hydrazone groups is 1. The molecule has 154 valence electrons. The second kappa shape index (κ2) is 11.0. The van der Waals surface area contributed by atoms with Crippen molar-refractivity contribution in [2.75, 3.05) is 7.11 Å².